The third-order valence-electron chi connectivity index (χ3n) is 8.23. The van der Waals surface area contributed by atoms with E-state index in [0.717, 1.165) is 23.5 Å². The van der Waals surface area contributed by atoms with E-state index in [-0.39, 0.29) is 6.29 Å². The van der Waals surface area contributed by atoms with E-state index in [1.165, 1.54) is 60.8 Å². The fraction of sp³-hybridized carbons (Fsp3) is 0.517. The van der Waals surface area contributed by atoms with E-state index in [9.17, 15) is 0 Å². The maximum absolute atomic E-state index is 5.92. The molecule has 2 aromatic rings. The average molecular weight is 433 g/mol. The molecule has 4 bridgehead atoms. The molecule has 170 valence electrons. The van der Waals surface area contributed by atoms with Crippen molar-refractivity contribution in [2.45, 2.75) is 56.7 Å². The van der Waals surface area contributed by atoms with E-state index in [1.807, 2.05) is 7.11 Å². The number of methoxy groups -OCH3 is 3. The van der Waals surface area contributed by atoms with Crippen LogP contribution in [-0.4, -0.2) is 27.6 Å². The Bertz CT molecular complexity index is 922. The summed E-state index contributed by atoms with van der Waals surface area (Å²) in [6.45, 7) is 0. The predicted molar refractivity (Wildman–Crippen MR) is 130 cm³/mol. The van der Waals surface area contributed by atoms with Crippen molar-refractivity contribution < 1.29 is 14.2 Å². The van der Waals surface area contributed by atoms with Crippen LogP contribution in [0.25, 0.3) is 11.6 Å². The maximum Gasteiger partial charge on any atom is 0.160 e. The lowest BCUT2D eigenvalue weighted by Gasteiger charge is -2.57. The average Bonchev–Trinajstić information content (AvgIpc) is 2.81. The molecule has 6 rings (SSSR count). The summed E-state index contributed by atoms with van der Waals surface area (Å²) in [7, 11) is 5.23. The summed E-state index contributed by atoms with van der Waals surface area (Å²) in [6.07, 6.45) is 11.1. The highest BCUT2D eigenvalue weighted by molar-refractivity contribution is 5.82. The molecular weight excluding hydrogens is 396 g/mol. The zero-order chi connectivity index (χ0) is 22.1. The van der Waals surface area contributed by atoms with E-state index in [4.69, 9.17) is 14.2 Å². The standard InChI is InChI=1S/C29H36O3/c1-30-27-10-9-20(14-25(16-28(31-2)32-3)24-7-5-4-6-8-24)15-26(27)29-17-21-11-22(18-29)13-23(12-21)19-29/h4-10,14-15,21-23,28H,11-13,16-19H2,1-3H3. The molecule has 0 aliphatic heterocycles. The van der Waals surface area contributed by atoms with Crippen LogP contribution in [0, 0.1) is 17.8 Å². The van der Waals surface area contributed by atoms with Crippen LogP contribution in [0.1, 0.15) is 61.6 Å². The van der Waals surface area contributed by atoms with Crippen molar-refractivity contribution in [3.63, 3.8) is 0 Å². The number of ether oxygens (including phenoxy) is 3. The van der Waals surface area contributed by atoms with Gasteiger partial charge in [-0.15, -0.1) is 0 Å². The Balaban J connectivity index is 1.54. The second-order valence-corrected chi connectivity index (χ2v) is 10.3. The van der Waals surface area contributed by atoms with Gasteiger partial charge in [0, 0.05) is 26.2 Å². The Hall–Kier alpha value is -2.10. The molecule has 32 heavy (non-hydrogen) atoms. The molecule has 4 saturated carbocycles. The lowest BCUT2D eigenvalue weighted by Crippen LogP contribution is -2.48. The minimum absolute atomic E-state index is 0.262. The lowest BCUT2D eigenvalue weighted by molar-refractivity contribution is -0.0970. The highest BCUT2D eigenvalue weighted by Gasteiger charge is 2.52. The molecule has 0 N–H and O–H groups in total. The highest BCUT2D eigenvalue weighted by Crippen LogP contribution is 2.62. The summed E-state index contributed by atoms with van der Waals surface area (Å²) in [5, 5.41) is 0. The number of hydrogen-bond donors (Lipinski definition) is 0. The van der Waals surface area contributed by atoms with Crippen LogP contribution in [0.2, 0.25) is 0 Å². The van der Waals surface area contributed by atoms with Gasteiger partial charge in [0.1, 0.15) is 5.75 Å². The van der Waals surface area contributed by atoms with Crippen LogP contribution in [0.3, 0.4) is 0 Å². The maximum atomic E-state index is 5.92. The van der Waals surface area contributed by atoms with Crippen LogP contribution in [0.15, 0.2) is 48.5 Å². The Morgan fingerprint density at radius 2 is 1.53 bits per heavy atom. The largest absolute Gasteiger partial charge is 0.496 e. The third kappa shape index (κ3) is 4.13. The Morgan fingerprint density at radius 3 is 2.09 bits per heavy atom. The van der Waals surface area contributed by atoms with E-state index in [0.29, 0.717) is 11.8 Å². The summed E-state index contributed by atoms with van der Waals surface area (Å²) in [5.74, 6) is 3.80. The second-order valence-electron chi connectivity index (χ2n) is 10.3. The van der Waals surface area contributed by atoms with Crippen LogP contribution in [-0.2, 0) is 14.9 Å². The van der Waals surface area contributed by atoms with E-state index in [1.54, 1.807) is 14.2 Å². The molecule has 3 heteroatoms. The molecule has 0 unspecified atom stereocenters. The van der Waals surface area contributed by atoms with E-state index in [2.05, 4.69) is 54.6 Å². The first-order valence-corrected chi connectivity index (χ1v) is 12.1. The fourth-order valence-corrected chi connectivity index (χ4v) is 7.23. The summed E-state index contributed by atoms with van der Waals surface area (Å²) in [4.78, 5) is 0. The topological polar surface area (TPSA) is 27.7 Å². The molecule has 4 aliphatic carbocycles. The Morgan fingerprint density at radius 1 is 0.906 bits per heavy atom. The van der Waals surface area contributed by atoms with Gasteiger partial charge in [0.25, 0.3) is 0 Å². The van der Waals surface area contributed by atoms with Crippen molar-refractivity contribution in [3.8, 4) is 5.75 Å². The molecule has 0 amide bonds. The minimum atomic E-state index is -0.262. The normalized spacial score (nSPS) is 29.0. The molecule has 4 aliphatic rings. The van der Waals surface area contributed by atoms with Crippen LogP contribution < -0.4 is 4.74 Å². The number of benzene rings is 2. The molecule has 0 saturated heterocycles. The summed E-state index contributed by atoms with van der Waals surface area (Å²) in [5.41, 5.74) is 5.41. The van der Waals surface area contributed by atoms with E-state index < -0.39 is 0 Å². The first kappa shape index (κ1) is 21.7. The predicted octanol–water partition coefficient (Wildman–Crippen LogP) is 6.71. The molecular formula is C29H36O3. The van der Waals surface area contributed by atoms with Gasteiger partial charge in [0.2, 0.25) is 0 Å². The first-order chi connectivity index (χ1) is 15.6. The molecule has 2 aromatic carbocycles. The zero-order valence-electron chi connectivity index (χ0n) is 19.7. The van der Waals surface area contributed by atoms with Crippen LogP contribution in [0.5, 0.6) is 5.75 Å². The third-order valence-corrected chi connectivity index (χ3v) is 8.23. The van der Waals surface area contributed by atoms with Crippen molar-refractivity contribution in [3.05, 3.63) is 65.2 Å². The van der Waals surface area contributed by atoms with Gasteiger partial charge in [-0.1, -0.05) is 42.5 Å². The summed E-state index contributed by atoms with van der Waals surface area (Å²) < 4.78 is 17.0. The highest BCUT2D eigenvalue weighted by atomic mass is 16.7. The second kappa shape index (κ2) is 9.03. The van der Waals surface area contributed by atoms with Crippen molar-refractivity contribution in [1.29, 1.82) is 0 Å². The lowest BCUT2D eigenvalue weighted by atomic mass is 9.48. The molecule has 0 atom stereocenters. The van der Waals surface area contributed by atoms with Gasteiger partial charge in [-0.3, -0.25) is 0 Å². The SMILES string of the molecule is COc1ccc(C=C(CC(OC)OC)c2ccccc2)cc1C12CC3CC(CC(C3)C1)C2. The van der Waals surface area contributed by atoms with Gasteiger partial charge >= 0.3 is 0 Å². The summed E-state index contributed by atoms with van der Waals surface area (Å²) >= 11 is 0. The molecule has 0 spiro atoms. The van der Waals surface area contributed by atoms with Crippen LogP contribution in [0.4, 0.5) is 0 Å². The van der Waals surface area contributed by atoms with E-state index >= 15 is 0 Å². The first-order valence-electron chi connectivity index (χ1n) is 12.1. The number of hydrogen-bond acceptors (Lipinski definition) is 3. The minimum Gasteiger partial charge on any atom is -0.496 e. The van der Waals surface area contributed by atoms with Crippen molar-refractivity contribution in [2.75, 3.05) is 21.3 Å². The van der Waals surface area contributed by atoms with Gasteiger partial charge in [-0.05, 0) is 90.5 Å². The molecule has 3 nitrogen and oxygen atoms in total. The van der Waals surface area contributed by atoms with Crippen molar-refractivity contribution >= 4 is 11.6 Å². The smallest absolute Gasteiger partial charge is 0.160 e. The number of rotatable bonds is 8. The summed E-state index contributed by atoms with van der Waals surface area (Å²) in [6, 6.07) is 17.4. The van der Waals surface area contributed by atoms with Gasteiger partial charge < -0.3 is 14.2 Å². The Labute approximate surface area is 192 Å². The fourth-order valence-electron chi connectivity index (χ4n) is 7.23. The molecule has 0 aromatic heterocycles. The van der Waals surface area contributed by atoms with Crippen molar-refractivity contribution in [1.82, 2.24) is 0 Å². The quantitative estimate of drug-likeness (QED) is 0.343. The Kier molecular flexibility index (Phi) is 6.14. The van der Waals surface area contributed by atoms with Gasteiger partial charge in [-0.2, -0.15) is 0 Å². The van der Waals surface area contributed by atoms with Crippen molar-refractivity contribution in [2.24, 2.45) is 17.8 Å². The van der Waals surface area contributed by atoms with Crippen LogP contribution >= 0.6 is 0 Å². The zero-order valence-corrected chi connectivity index (χ0v) is 19.7. The molecule has 4 fully saturated rings. The molecule has 0 radical (unpaired) electrons. The molecule has 0 heterocycles. The van der Waals surface area contributed by atoms with Gasteiger partial charge in [-0.25, -0.2) is 0 Å². The van der Waals surface area contributed by atoms with Gasteiger partial charge in [0.05, 0.1) is 7.11 Å². The van der Waals surface area contributed by atoms with Gasteiger partial charge in [0.15, 0.2) is 6.29 Å². The monoisotopic (exact) mass is 432 g/mol.